The van der Waals surface area contributed by atoms with E-state index in [9.17, 15) is 10.1 Å². The Morgan fingerprint density at radius 3 is 2.57 bits per heavy atom. The normalized spacial score (nSPS) is 10.6. The van der Waals surface area contributed by atoms with Crippen molar-refractivity contribution in [1.82, 2.24) is 5.32 Å². The molecule has 0 bridgehead atoms. The van der Waals surface area contributed by atoms with E-state index in [1.165, 1.54) is 38.2 Å². The average Bonchev–Trinajstić information content (AvgIpc) is 2.47. The highest BCUT2D eigenvalue weighted by Gasteiger charge is 2.11. The van der Waals surface area contributed by atoms with Crippen LogP contribution in [-0.2, 0) is 6.54 Å². The zero-order valence-corrected chi connectivity index (χ0v) is 13.1. The number of nitrogens with zero attached hydrogens (tertiary/aromatic N) is 1. The fourth-order valence-electron chi connectivity index (χ4n) is 2.21. The van der Waals surface area contributed by atoms with E-state index in [4.69, 9.17) is 4.74 Å². The molecule has 0 aliphatic heterocycles. The molecule has 0 fully saturated rings. The highest BCUT2D eigenvalue weighted by atomic mass is 16.6. The first-order valence-corrected chi connectivity index (χ1v) is 7.73. The molecule has 118 valence electrons. The number of nitrogens with one attached hydrogen (secondary N) is 1. The summed E-state index contributed by atoms with van der Waals surface area (Å²) in [5, 5.41) is 13.8. The SMILES string of the molecule is CCCCCCCCOc1ccc([N+](=O)[O-])cc1CNC. The molecule has 0 amide bonds. The maximum absolute atomic E-state index is 10.8. The van der Waals surface area contributed by atoms with Gasteiger partial charge in [0.1, 0.15) is 5.75 Å². The van der Waals surface area contributed by atoms with Crippen molar-refractivity contribution < 1.29 is 9.66 Å². The Labute approximate surface area is 126 Å². The van der Waals surface area contributed by atoms with Crippen LogP contribution in [0.3, 0.4) is 0 Å². The molecular formula is C16H26N2O3. The molecule has 1 aromatic carbocycles. The van der Waals surface area contributed by atoms with Gasteiger partial charge in [0.2, 0.25) is 0 Å². The Bertz CT molecular complexity index is 436. The second-order valence-electron chi connectivity index (χ2n) is 5.20. The number of hydrogen-bond acceptors (Lipinski definition) is 4. The van der Waals surface area contributed by atoms with Crippen molar-refractivity contribution in [1.29, 1.82) is 0 Å². The Kier molecular flexibility index (Phi) is 8.43. The largest absolute Gasteiger partial charge is 0.493 e. The topological polar surface area (TPSA) is 64.4 Å². The monoisotopic (exact) mass is 294 g/mol. The first kappa shape index (κ1) is 17.4. The Hall–Kier alpha value is -1.62. The number of ether oxygens (including phenoxy) is 1. The quantitative estimate of drug-likeness (QED) is 0.380. The van der Waals surface area contributed by atoms with Gasteiger partial charge in [-0.25, -0.2) is 0 Å². The lowest BCUT2D eigenvalue weighted by Gasteiger charge is -2.11. The summed E-state index contributed by atoms with van der Waals surface area (Å²) in [6, 6.07) is 4.77. The summed E-state index contributed by atoms with van der Waals surface area (Å²) in [4.78, 5) is 10.4. The molecule has 1 aromatic rings. The zero-order chi connectivity index (χ0) is 15.5. The van der Waals surface area contributed by atoms with Crippen LogP contribution < -0.4 is 10.1 Å². The van der Waals surface area contributed by atoms with Crippen LogP contribution in [-0.4, -0.2) is 18.6 Å². The van der Waals surface area contributed by atoms with Crippen molar-refractivity contribution in [2.24, 2.45) is 0 Å². The lowest BCUT2D eigenvalue weighted by molar-refractivity contribution is -0.384. The van der Waals surface area contributed by atoms with Crippen LogP contribution >= 0.6 is 0 Å². The Morgan fingerprint density at radius 2 is 1.90 bits per heavy atom. The number of rotatable bonds is 11. The molecule has 0 radical (unpaired) electrons. The third kappa shape index (κ3) is 6.58. The summed E-state index contributed by atoms with van der Waals surface area (Å²) in [6.07, 6.45) is 7.30. The second-order valence-corrected chi connectivity index (χ2v) is 5.20. The molecule has 0 aliphatic rings. The maximum Gasteiger partial charge on any atom is 0.270 e. The number of nitro benzene ring substituents is 1. The molecule has 5 nitrogen and oxygen atoms in total. The summed E-state index contributed by atoms with van der Waals surface area (Å²) in [5.74, 6) is 0.739. The molecule has 1 N–H and O–H groups in total. The van der Waals surface area contributed by atoms with Gasteiger partial charge >= 0.3 is 0 Å². The smallest absolute Gasteiger partial charge is 0.270 e. The molecule has 0 aromatic heterocycles. The van der Waals surface area contributed by atoms with Crippen LogP contribution in [0.15, 0.2) is 18.2 Å². The molecule has 0 heterocycles. The van der Waals surface area contributed by atoms with Crippen LogP contribution in [0.2, 0.25) is 0 Å². The van der Waals surface area contributed by atoms with E-state index in [1.807, 2.05) is 7.05 Å². The van der Waals surface area contributed by atoms with Gasteiger partial charge in [-0.05, 0) is 19.5 Å². The highest BCUT2D eigenvalue weighted by Crippen LogP contribution is 2.24. The van der Waals surface area contributed by atoms with Gasteiger partial charge in [-0.3, -0.25) is 10.1 Å². The maximum atomic E-state index is 10.8. The molecule has 1 rings (SSSR count). The van der Waals surface area contributed by atoms with Gasteiger partial charge in [0.25, 0.3) is 5.69 Å². The second kappa shape index (κ2) is 10.2. The van der Waals surface area contributed by atoms with Crippen LogP contribution in [0.4, 0.5) is 5.69 Å². The van der Waals surface area contributed by atoms with E-state index in [1.54, 1.807) is 12.1 Å². The molecule has 0 atom stereocenters. The first-order chi connectivity index (χ1) is 10.2. The van der Waals surface area contributed by atoms with Gasteiger partial charge in [0.05, 0.1) is 11.5 Å². The minimum Gasteiger partial charge on any atom is -0.493 e. The standard InChI is InChI=1S/C16H26N2O3/c1-3-4-5-6-7-8-11-21-16-10-9-15(18(19)20)12-14(16)13-17-2/h9-10,12,17H,3-8,11,13H2,1-2H3. The van der Waals surface area contributed by atoms with E-state index in [-0.39, 0.29) is 10.6 Å². The van der Waals surface area contributed by atoms with E-state index in [0.717, 1.165) is 17.7 Å². The van der Waals surface area contributed by atoms with Crippen molar-refractivity contribution in [3.8, 4) is 5.75 Å². The zero-order valence-electron chi connectivity index (χ0n) is 13.1. The number of hydrogen-bond donors (Lipinski definition) is 1. The van der Waals surface area contributed by atoms with Crippen LogP contribution in [0, 0.1) is 10.1 Å². The summed E-state index contributed by atoms with van der Waals surface area (Å²) in [7, 11) is 1.82. The molecular weight excluding hydrogens is 268 g/mol. The molecule has 5 heteroatoms. The van der Waals surface area contributed by atoms with Crippen molar-refractivity contribution in [2.75, 3.05) is 13.7 Å². The third-order valence-corrected chi connectivity index (χ3v) is 3.38. The van der Waals surface area contributed by atoms with E-state index >= 15 is 0 Å². The van der Waals surface area contributed by atoms with Crippen LogP contribution in [0.5, 0.6) is 5.75 Å². The lowest BCUT2D eigenvalue weighted by atomic mass is 10.1. The predicted octanol–water partition coefficient (Wildman–Crippen LogP) is 4.05. The van der Waals surface area contributed by atoms with Crippen molar-refractivity contribution in [3.63, 3.8) is 0 Å². The summed E-state index contributed by atoms with van der Waals surface area (Å²) < 4.78 is 5.77. The van der Waals surface area contributed by atoms with Gasteiger partial charge in [-0.1, -0.05) is 39.0 Å². The minimum absolute atomic E-state index is 0.104. The highest BCUT2D eigenvalue weighted by molar-refractivity contribution is 5.43. The van der Waals surface area contributed by atoms with Gasteiger partial charge in [0.15, 0.2) is 0 Å². The van der Waals surface area contributed by atoms with Crippen molar-refractivity contribution >= 4 is 5.69 Å². The summed E-state index contributed by atoms with van der Waals surface area (Å²) in [6.45, 7) is 3.44. The predicted molar refractivity (Wildman–Crippen MR) is 84.7 cm³/mol. The molecule has 0 aliphatic carbocycles. The minimum atomic E-state index is -0.378. The van der Waals surface area contributed by atoms with E-state index in [2.05, 4.69) is 12.2 Å². The number of nitro groups is 1. The van der Waals surface area contributed by atoms with Gasteiger partial charge in [0, 0.05) is 24.2 Å². The fraction of sp³-hybridized carbons (Fsp3) is 0.625. The van der Waals surface area contributed by atoms with Gasteiger partial charge in [-0.15, -0.1) is 0 Å². The number of benzene rings is 1. The lowest BCUT2D eigenvalue weighted by Crippen LogP contribution is -2.08. The molecule has 0 unspecified atom stereocenters. The Balaban J connectivity index is 2.44. The summed E-state index contributed by atoms with van der Waals surface area (Å²) >= 11 is 0. The van der Waals surface area contributed by atoms with E-state index < -0.39 is 0 Å². The average molecular weight is 294 g/mol. The number of unbranched alkanes of at least 4 members (excludes halogenated alkanes) is 5. The van der Waals surface area contributed by atoms with E-state index in [0.29, 0.717) is 13.2 Å². The molecule has 0 saturated heterocycles. The third-order valence-electron chi connectivity index (χ3n) is 3.38. The fourth-order valence-corrected chi connectivity index (χ4v) is 2.21. The van der Waals surface area contributed by atoms with Gasteiger partial charge in [-0.2, -0.15) is 0 Å². The van der Waals surface area contributed by atoms with Crippen LogP contribution in [0.25, 0.3) is 0 Å². The van der Waals surface area contributed by atoms with Gasteiger partial charge < -0.3 is 10.1 Å². The number of non-ortho nitro benzene ring substituents is 1. The first-order valence-electron chi connectivity index (χ1n) is 7.73. The molecule has 0 saturated carbocycles. The Morgan fingerprint density at radius 1 is 1.19 bits per heavy atom. The van der Waals surface area contributed by atoms with Crippen molar-refractivity contribution in [3.05, 3.63) is 33.9 Å². The molecule has 0 spiro atoms. The molecule has 21 heavy (non-hydrogen) atoms. The summed E-state index contributed by atoms with van der Waals surface area (Å²) in [5.41, 5.74) is 0.935. The van der Waals surface area contributed by atoms with Crippen molar-refractivity contribution in [2.45, 2.75) is 52.0 Å². The van der Waals surface area contributed by atoms with Crippen LogP contribution in [0.1, 0.15) is 51.0 Å².